The second kappa shape index (κ2) is 7.02. The second-order valence-electron chi connectivity index (χ2n) is 5.04. The molecule has 20 heavy (non-hydrogen) atoms. The predicted molar refractivity (Wildman–Crippen MR) is 84.5 cm³/mol. The monoisotopic (exact) mass is 360 g/mol. The molecule has 0 heterocycles. The molecule has 112 valence electrons. The molecular weight excluding hydrogens is 340 g/mol. The summed E-state index contributed by atoms with van der Waals surface area (Å²) < 4.78 is 27.0. The zero-order valence-corrected chi connectivity index (χ0v) is 14.1. The molecule has 0 bridgehead atoms. The molecule has 0 radical (unpaired) electrons. The molecule has 0 amide bonds. The molecule has 4 nitrogen and oxygen atoms in total. The summed E-state index contributed by atoms with van der Waals surface area (Å²) in [7, 11) is -3.39. The number of nitrogens with zero attached hydrogens (tertiary/aromatic N) is 1. The van der Waals surface area contributed by atoms with Crippen LogP contribution in [0.2, 0.25) is 0 Å². The first-order valence-corrected chi connectivity index (χ1v) is 9.56. The summed E-state index contributed by atoms with van der Waals surface area (Å²) in [5.74, 6) is 0. The van der Waals surface area contributed by atoms with Gasteiger partial charge in [0, 0.05) is 24.5 Å². The van der Waals surface area contributed by atoms with Crippen LogP contribution in [0.1, 0.15) is 25.3 Å². The van der Waals surface area contributed by atoms with Crippen LogP contribution in [0.3, 0.4) is 0 Å². The molecule has 1 saturated carbocycles. The SMILES string of the molecule is CCN(CCNS(=O)(=O)c1ccc(CBr)cc1)C1CC1. The van der Waals surface area contributed by atoms with Crippen molar-refractivity contribution in [3.05, 3.63) is 29.8 Å². The molecule has 0 unspecified atom stereocenters. The Morgan fingerprint density at radius 2 is 1.95 bits per heavy atom. The molecule has 0 aliphatic heterocycles. The van der Waals surface area contributed by atoms with Crippen molar-refractivity contribution in [3.63, 3.8) is 0 Å². The van der Waals surface area contributed by atoms with Gasteiger partial charge in [-0.2, -0.15) is 0 Å². The lowest BCUT2D eigenvalue weighted by molar-refractivity contribution is 0.282. The Labute approximate surface area is 129 Å². The first-order chi connectivity index (χ1) is 9.56. The van der Waals surface area contributed by atoms with E-state index in [0.29, 0.717) is 17.5 Å². The highest BCUT2D eigenvalue weighted by Crippen LogP contribution is 2.25. The number of nitrogens with one attached hydrogen (secondary N) is 1. The molecule has 0 spiro atoms. The number of likely N-dealkylation sites (N-methyl/N-ethyl adjacent to an activating group) is 1. The van der Waals surface area contributed by atoms with Crippen LogP contribution in [-0.4, -0.2) is 39.0 Å². The van der Waals surface area contributed by atoms with E-state index in [4.69, 9.17) is 0 Å². The van der Waals surface area contributed by atoms with Gasteiger partial charge in [0.1, 0.15) is 0 Å². The van der Waals surface area contributed by atoms with Crippen LogP contribution in [0.4, 0.5) is 0 Å². The molecule has 6 heteroatoms. The van der Waals surface area contributed by atoms with E-state index >= 15 is 0 Å². The molecule has 1 aliphatic rings. The summed E-state index contributed by atoms with van der Waals surface area (Å²) in [6.45, 7) is 4.34. The van der Waals surface area contributed by atoms with Crippen LogP contribution in [0, 0.1) is 0 Å². The van der Waals surface area contributed by atoms with E-state index in [-0.39, 0.29) is 0 Å². The summed E-state index contributed by atoms with van der Waals surface area (Å²) in [5.41, 5.74) is 1.06. The quantitative estimate of drug-likeness (QED) is 0.723. The summed E-state index contributed by atoms with van der Waals surface area (Å²) in [6, 6.07) is 7.62. The van der Waals surface area contributed by atoms with Gasteiger partial charge in [-0.3, -0.25) is 4.90 Å². The zero-order valence-electron chi connectivity index (χ0n) is 11.7. The molecule has 1 aliphatic carbocycles. The lowest BCUT2D eigenvalue weighted by atomic mass is 10.2. The summed E-state index contributed by atoms with van der Waals surface area (Å²) in [6.07, 6.45) is 2.49. The molecule has 0 atom stereocenters. The molecule has 1 aromatic rings. The van der Waals surface area contributed by atoms with Crippen molar-refractivity contribution in [1.29, 1.82) is 0 Å². The normalized spacial score (nSPS) is 15.8. The summed E-state index contributed by atoms with van der Waals surface area (Å²) in [4.78, 5) is 2.66. The average Bonchev–Trinajstić information content (AvgIpc) is 3.28. The van der Waals surface area contributed by atoms with Crippen molar-refractivity contribution < 1.29 is 8.42 Å². The molecule has 1 aromatic carbocycles. The Bertz CT molecular complexity index is 527. The highest BCUT2D eigenvalue weighted by molar-refractivity contribution is 9.08. The Kier molecular flexibility index (Phi) is 5.60. The van der Waals surface area contributed by atoms with E-state index in [0.717, 1.165) is 24.0 Å². The van der Waals surface area contributed by atoms with E-state index in [1.807, 2.05) is 12.1 Å². The minimum Gasteiger partial charge on any atom is -0.299 e. The van der Waals surface area contributed by atoms with Crippen molar-refractivity contribution in [2.24, 2.45) is 0 Å². The highest BCUT2D eigenvalue weighted by atomic mass is 79.9. The number of rotatable bonds is 8. The van der Waals surface area contributed by atoms with Crippen molar-refractivity contribution in [2.45, 2.75) is 36.0 Å². The first kappa shape index (κ1) is 15.9. The largest absolute Gasteiger partial charge is 0.299 e. The van der Waals surface area contributed by atoms with Crippen LogP contribution < -0.4 is 4.72 Å². The Hall–Kier alpha value is -0.430. The van der Waals surface area contributed by atoms with E-state index in [9.17, 15) is 8.42 Å². The topological polar surface area (TPSA) is 49.4 Å². The number of alkyl halides is 1. The average molecular weight is 361 g/mol. The number of sulfonamides is 1. The lowest BCUT2D eigenvalue weighted by Crippen LogP contribution is -2.36. The third kappa shape index (κ3) is 4.28. The highest BCUT2D eigenvalue weighted by Gasteiger charge is 2.27. The van der Waals surface area contributed by atoms with Crippen LogP contribution in [0.15, 0.2) is 29.2 Å². The number of benzene rings is 1. The third-order valence-electron chi connectivity index (χ3n) is 3.55. The third-order valence-corrected chi connectivity index (χ3v) is 5.67. The van der Waals surface area contributed by atoms with Gasteiger partial charge >= 0.3 is 0 Å². The van der Waals surface area contributed by atoms with Gasteiger partial charge in [-0.05, 0) is 37.1 Å². The first-order valence-electron chi connectivity index (χ1n) is 6.95. The molecule has 0 aromatic heterocycles. The zero-order chi connectivity index (χ0) is 14.6. The van der Waals surface area contributed by atoms with Crippen LogP contribution in [-0.2, 0) is 15.4 Å². The fourth-order valence-corrected chi connectivity index (χ4v) is 3.60. The van der Waals surface area contributed by atoms with Crippen molar-refractivity contribution in [3.8, 4) is 0 Å². The Morgan fingerprint density at radius 1 is 1.30 bits per heavy atom. The molecular formula is C14H21BrN2O2S. The standard InChI is InChI=1S/C14H21BrN2O2S/c1-2-17(13-5-6-13)10-9-16-20(18,19)14-7-3-12(11-15)4-8-14/h3-4,7-8,13,16H,2,5-6,9-11H2,1H3. The maximum atomic E-state index is 12.1. The number of hydrogen-bond donors (Lipinski definition) is 1. The van der Waals surface area contributed by atoms with Gasteiger partial charge in [-0.1, -0.05) is 35.0 Å². The Balaban J connectivity index is 1.89. The minimum absolute atomic E-state index is 0.330. The van der Waals surface area contributed by atoms with Crippen molar-refractivity contribution >= 4 is 26.0 Å². The fraction of sp³-hybridized carbons (Fsp3) is 0.571. The van der Waals surface area contributed by atoms with Gasteiger partial charge in [0.05, 0.1) is 4.90 Å². The maximum Gasteiger partial charge on any atom is 0.240 e. The smallest absolute Gasteiger partial charge is 0.240 e. The Morgan fingerprint density at radius 3 is 2.45 bits per heavy atom. The van der Waals surface area contributed by atoms with E-state index < -0.39 is 10.0 Å². The second-order valence-corrected chi connectivity index (χ2v) is 7.36. The van der Waals surface area contributed by atoms with Gasteiger partial charge in [0.25, 0.3) is 0 Å². The van der Waals surface area contributed by atoms with Crippen molar-refractivity contribution in [2.75, 3.05) is 19.6 Å². The summed E-state index contributed by atoms with van der Waals surface area (Å²) in [5, 5.41) is 0.730. The van der Waals surface area contributed by atoms with Crippen LogP contribution in [0.5, 0.6) is 0 Å². The van der Waals surface area contributed by atoms with Crippen molar-refractivity contribution in [1.82, 2.24) is 9.62 Å². The van der Waals surface area contributed by atoms with Crippen LogP contribution >= 0.6 is 15.9 Å². The van der Waals surface area contributed by atoms with E-state index in [1.54, 1.807) is 12.1 Å². The maximum absolute atomic E-state index is 12.1. The summed E-state index contributed by atoms with van der Waals surface area (Å²) >= 11 is 3.35. The molecule has 2 rings (SSSR count). The van der Waals surface area contributed by atoms with E-state index in [1.165, 1.54) is 12.8 Å². The van der Waals surface area contributed by atoms with Gasteiger partial charge < -0.3 is 0 Å². The molecule has 1 N–H and O–H groups in total. The molecule has 1 fully saturated rings. The lowest BCUT2D eigenvalue weighted by Gasteiger charge is -2.19. The fourth-order valence-electron chi connectivity index (χ4n) is 2.20. The van der Waals surface area contributed by atoms with E-state index in [2.05, 4.69) is 32.5 Å². The number of halogens is 1. The number of hydrogen-bond acceptors (Lipinski definition) is 3. The van der Waals surface area contributed by atoms with Gasteiger partial charge in [-0.15, -0.1) is 0 Å². The molecule has 0 saturated heterocycles. The van der Waals surface area contributed by atoms with Crippen LogP contribution in [0.25, 0.3) is 0 Å². The van der Waals surface area contributed by atoms with Gasteiger partial charge in [0.15, 0.2) is 0 Å². The minimum atomic E-state index is -3.39. The van der Waals surface area contributed by atoms with Gasteiger partial charge in [-0.25, -0.2) is 13.1 Å². The predicted octanol–water partition coefficient (Wildman–Crippen LogP) is 2.34. The van der Waals surface area contributed by atoms with Gasteiger partial charge in [0.2, 0.25) is 10.0 Å².